The second-order valence-corrected chi connectivity index (χ2v) is 5.78. The van der Waals surface area contributed by atoms with Crippen LogP contribution in [0, 0.1) is 10.1 Å². The van der Waals surface area contributed by atoms with Gasteiger partial charge in [-0.15, -0.1) is 0 Å². The van der Waals surface area contributed by atoms with E-state index >= 15 is 0 Å². The van der Waals surface area contributed by atoms with Crippen molar-refractivity contribution in [1.82, 2.24) is 5.43 Å². The Morgan fingerprint density at radius 2 is 1.81 bits per heavy atom. The standard InChI is InChI=1S/C18H18N4O4/c1-12(2)14-6-8-15(9-7-14)20-17(23)18(24)21-19-11-13-4-3-5-16(10-13)22(25)26/h3-12H,1-2H3,(H,20,23)(H,21,24)/b19-11+. The fourth-order valence-electron chi connectivity index (χ4n) is 2.07. The second-order valence-electron chi connectivity index (χ2n) is 5.78. The molecule has 0 spiro atoms. The van der Waals surface area contributed by atoms with Crippen LogP contribution in [0.25, 0.3) is 0 Å². The third-order valence-corrected chi connectivity index (χ3v) is 3.50. The van der Waals surface area contributed by atoms with Crippen molar-refractivity contribution >= 4 is 29.4 Å². The van der Waals surface area contributed by atoms with Crippen LogP contribution in [0.2, 0.25) is 0 Å². The van der Waals surface area contributed by atoms with Crippen LogP contribution < -0.4 is 10.7 Å². The van der Waals surface area contributed by atoms with Crippen LogP contribution in [0.15, 0.2) is 53.6 Å². The summed E-state index contributed by atoms with van der Waals surface area (Å²) in [6, 6.07) is 12.9. The zero-order valence-electron chi connectivity index (χ0n) is 14.3. The van der Waals surface area contributed by atoms with Crippen molar-refractivity contribution in [2.45, 2.75) is 19.8 Å². The van der Waals surface area contributed by atoms with Crippen molar-refractivity contribution in [3.05, 3.63) is 69.8 Å². The number of hydrogen-bond donors (Lipinski definition) is 2. The highest BCUT2D eigenvalue weighted by atomic mass is 16.6. The summed E-state index contributed by atoms with van der Waals surface area (Å²) in [4.78, 5) is 33.7. The number of carbonyl (C=O) groups is 2. The van der Waals surface area contributed by atoms with Crippen LogP contribution >= 0.6 is 0 Å². The maximum atomic E-state index is 11.8. The van der Waals surface area contributed by atoms with Gasteiger partial charge in [-0.05, 0) is 23.6 Å². The summed E-state index contributed by atoms with van der Waals surface area (Å²) in [7, 11) is 0. The lowest BCUT2D eigenvalue weighted by Crippen LogP contribution is -2.32. The largest absolute Gasteiger partial charge is 0.329 e. The summed E-state index contributed by atoms with van der Waals surface area (Å²) < 4.78 is 0. The third-order valence-electron chi connectivity index (χ3n) is 3.50. The monoisotopic (exact) mass is 354 g/mol. The molecule has 8 heteroatoms. The minimum Gasteiger partial charge on any atom is -0.318 e. The molecule has 0 bridgehead atoms. The number of rotatable bonds is 5. The molecule has 2 rings (SSSR count). The molecule has 134 valence electrons. The molecule has 0 aromatic heterocycles. The number of nitro benzene ring substituents is 1. The molecule has 26 heavy (non-hydrogen) atoms. The van der Waals surface area contributed by atoms with E-state index in [4.69, 9.17) is 0 Å². The average Bonchev–Trinajstić information content (AvgIpc) is 2.62. The Morgan fingerprint density at radius 1 is 1.12 bits per heavy atom. The quantitative estimate of drug-likeness (QED) is 0.372. The Kier molecular flexibility index (Phi) is 6.15. The lowest BCUT2D eigenvalue weighted by Gasteiger charge is -2.07. The van der Waals surface area contributed by atoms with Crippen molar-refractivity contribution in [2.24, 2.45) is 5.10 Å². The van der Waals surface area contributed by atoms with Gasteiger partial charge in [0.05, 0.1) is 11.1 Å². The van der Waals surface area contributed by atoms with E-state index in [1.165, 1.54) is 24.4 Å². The smallest absolute Gasteiger partial charge is 0.318 e. The number of hydrogen-bond acceptors (Lipinski definition) is 5. The zero-order chi connectivity index (χ0) is 19.1. The van der Waals surface area contributed by atoms with Crippen molar-refractivity contribution in [3.8, 4) is 0 Å². The van der Waals surface area contributed by atoms with Gasteiger partial charge < -0.3 is 5.32 Å². The van der Waals surface area contributed by atoms with Crippen LogP contribution in [0.4, 0.5) is 11.4 Å². The molecule has 8 nitrogen and oxygen atoms in total. The molecule has 0 aliphatic carbocycles. The predicted molar refractivity (Wildman–Crippen MR) is 98.0 cm³/mol. The van der Waals surface area contributed by atoms with Gasteiger partial charge in [-0.1, -0.05) is 38.1 Å². The van der Waals surface area contributed by atoms with Gasteiger partial charge in [-0.3, -0.25) is 19.7 Å². The van der Waals surface area contributed by atoms with Gasteiger partial charge in [0.25, 0.3) is 5.69 Å². The molecule has 0 fully saturated rings. The van der Waals surface area contributed by atoms with E-state index in [-0.39, 0.29) is 5.69 Å². The molecule has 0 heterocycles. The summed E-state index contributed by atoms with van der Waals surface area (Å²) in [5.74, 6) is -1.44. The molecule has 2 amide bonds. The Labute approximate surface area is 150 Å². The molecule has 2 N–H and O–H groups in total. The van der Waals surface area contributed by atoms with Gasteiger partial charge in [0.2, 0.25) is 0 Å². The number of non-ortho nitro benzene ring substituents is 1. The Balaban J connectivity index is 1.91. The van der Waals surface area contributed by atoms with Crippen molar-refractivity contribution < 1.29 is 14.5 Å². The zero-order valence-corrected chi connectivity index (χ0v) is 14.3. The van der Waals surface area contributed by atoms with Crippen LogP contribution in [-0.4, -0.2) is 23.0 Å². The van der Waals surface area contributed by atoms with E-state index in [2.05, 4.69) is 29.7 Å². The minimum atomic E-state index is -0.945. The van der Waals surface area contributed by atoms with Crippen LogP contribution in [0.5, 0.6) is 0 Å². The molecule has 2 aromatic rings. The van der Waals surface area contributed by atoms with Gasteiger partial charge in [0, 0.05) is 23.4 Å². The first kappa shape index (κ1) is 18.8. The number of nitro groups is 1. The highest BCUT2D eigenvalue weighted by molar-refractivity contribution is 6.39. The van der Waals surface area contributed by atoms with E-state index in [9.17, 15) is 19.7 Å². The lowest BCUT2D eigenvalue weighted by molar-refractivity contribution is -0.384. The molecule has 0 saturated heterocycles. The van der Waals surface area contributed by atoms with E-state index in [1.807, 2.05) is 12.1 Å². The van der Waals surface area contributed by atoms with Crippen molar-refractivity contribution in [2.75, 3.05) is 5.32 Å². The summed E-state index contributed by atoms with van der Waals surface area (Å²) >= 11 is 0. The third kappa shape index (κ3) is 5.23. The number of amides is 2. The van der Waals surface area contributed by atoms with E-state index in [0.717, 1.165) is 5.56 Å². The Hall–Kier alpha value is -3.55. The highest BCUT2D eigenvalue weighted by Gasteiger charge is 2.13. The van der Waals surface area contributed by atoms with E-state index in [1.54, 1.807) is 18.2 Å². The van der Waals surface area contributed by atoms with Crippen molar-refractivity contribution in [1.29, 1.82) is 0 Å². The normalized spacial score (nSPS) is 10.7. The molecule has 0 aliphatic heterocycles. The van der Waals surface area contributed by atoms with Crippen LogP contribution in [0.1, 0.15) is 30.9 Å². The SMILES string of the molecule is CC(C)c1ccc(NC(=O)C(=O)N/N=C/c2cccc([N+](=O)[O-])c2)cc1. The molecule has 0 saturated carbocycles. The maximum Gasteiger partial charge on any atom is 0.329 e. The molecule has 0 atom stereocenters. The molecule has 0 aliphatic rings. The maximum absolute atomic E-state index is 11.8. The molecule has 0 unspecified atom stereocenters. The summed E-state index contributed by atoms with van der Waals surface area (Å²) in [5, 5.41) is 16.8. The van der Waals surface area contributed by atoms with Crippen LogP contribution in [0.3, 0.4) is 0 Å². The van der Waals surface area contributed by atoms with Gasteiger partial charge in [0.15, 0.2) is 0 Å². The Morgan fingerprint density at radius 3 is 2.42 bits per heavy atom. The summed E-state index contributed by atoms with van der Waals surface area (Å²) in [6.07, 6.45) is 1.22. The van der Waals surface area contributed by atoms with Gasteiger partial charge in [0.1, 0.15) is 0 Å². The summed E-state index contributed by atoms with van der Waals surface area (Å²) in [5.41, 5.74) is 4.02. The van der Waals surface area contributed by atoms with E-state index < -0.39 is 16.7 Å². The lowest BCUT2D eigenvalue weighted by atomic mass is 10.0. The molecule has 2 aromatic carbocycles. The van der Waals surface area contributed by atoms with Gasteiger partial charge >= 0.3 is 11.8 Å². The van der Waals surface area contributed by atoms with Gasteiger partial charge in [-0.25, -0.2) is 5.43 Å². The van der Waals surface area contributed by atoms with E-state index in [0.29, 0.717) is 17.2 Å². The first-order valence-electron chi connectivity index (χ1n) is 7.85. The molecule has 0 radical (unpaired) electrons. The van der Waals surface area contributed by atoms with Crippen molar-refractivity contribution in [3.63, 3.8) is 0 Å². The Bertz CT molecular complexity index is 845. The first-order chi connectivity index (χ1) is 12.4. The average molecular weight is 354 g/mol. The van der Waals surface area contributed by atoms with Gasteiger partial charge in [-0.2, -0.15) is 5.10 Å². The second kappa shape index (κ2) is 8.52. The number of benzene rings is 2. The highest BCUT2D eigenvalue weighted by Crippen LogP contribution is 2.17. The number of carbonyl (C=O) groups excluding carboxylic acids is 2. The molecular formula is C18H18N4O4. The predicted octanol–water partition coefficient (Wildman–Crippen LogP) is 2.81. The van der Waals surface area contributed by atoms with Crippen LogP contribution in [-0.2, 0) is 9.59 Å². The number of hydrazone groups is 1. The fourth-order valence-corrected chi connectivity index (χ4v) is 2.07. The minimum absolute atomic E-state index is 0.0946. The number of nitrogens with one attached hydrogen (secondary N) is 2. The number of anilines is 1. The first-order valence-corrected chi connectivity index (χ1v) is 7.85. The topological polar surface area (TPSA) is 114 Å². The summed E-state index contributed by atoms with van der Waals surface area (Å²) in [6.45, 7) is 4.11. The number of nitrogens with zero attached hydrogens (tertiary/aromatic N) is 2. The molecular weight excluding hydrogens is 336 g/mol. The fraction of sp³-hybridized carbons (Fsp3) is 0.167.